The summed E-state index contributed by atoms with van der Waals surface area (Å²) >= 11 is 0. The molecule has 1 amide bonds. The molecule has 1 atom stereocenters. The number of benzene rings is 1. The van der Waals surface area contributed by atoms with E-state index in [1.165, 1.54) is 6.92 Å². The Balaban J connectivity index is 3.20. The normalized spacial score (nSPS) is 13.0. The van der Waals surface area contributed by atoms with Gasteiger partial charge in [-0.05, 0) is 25.1 Å². The lowest BCUT2D eigenvalue weighted by atomic mass is 10.0. The lowest BCUT2D eigenvalue weighted by Crippen LogP contribution is -2.42. The van der Waals surface area contributed by atoms with E-state index >= 15 is 0 Å². The van der Waals surface area contributed by atoms with Gasteiger partial charge in [0.2, 0.25) is 0 Å². The maximum atomic E-state index is 12.8. The lowest BCUT2D eigenvalue weighted by molar-refractivity contribution is -0.149. The molecule has 0 fully saturated rings. The number of alkyl halides is 6. The maximum absolute atomic E-state index is 12.8. The third-order valence-electron chi connectivity index (χ3n) is 3.13. The number of hydrogen-bond acceptors (Lipinski definition) is 4. The van der Waals surface area contributed by atoms with Crippen LogP contribution in [0.25, 0.3) is 0 Å². The topological polar surface area (TPSA) is 92.7 Å². The number of carbonyl (C=O) groups excluding carboxylic acids is 2. The summed E-state index contributed by atoms with van der Waals surface area (Å²) in [7, 11) is 0. The second-order valence-corrected chi connectivity index (χ2v) is 5.17. The van der Waals surface area contributed by atoms with Gasteiger partial charge in [-0.3, -0.25) is 9.59 Å². The van der Waals surface area contributed by atoms with Crippen molar-refractivity contribution in [3.63, 3.8) is 0 Å². The largest absolute Gasteiger partial charge is 0.480 e. The highest BCUT2D eigenvalue weighted by atomic mass is 19.4. The van der Waals surface area contributed by atoms with Gasteiger partial charge in [-0.25, -0.2) is 4.79 Å². The average molecular weight is 401 g/mol. The van der Waals surface area contributed by atoms with Crippen LogP contribution in [-0.4, -0.2) is 35.6 Å². The maximum Gasteiger partial charge on any atom is 0.416 e. The second-order valence-electron chi connectivity index (χ2n) is 5.17. The summed E-state index contributed by atoms with van der Waals surface area (Å²) in [5.41, 5.74) is -4.54. The van der Waals surface area contributed by atoms with Crippen LogP contribution >= 0.6 is 0 Å². The van der Waals surface area contributed by atoms with Crippen LogP contribution in [0.3, 0.4) is 0 Å². The molecule has 0 bridgehead atoms. The number of hydrogen-bond donors (Lipinski definition) is 2. The SMILES string of the molecule is CCOC(=O)C[C@H](NC(=O)c1cc(C(F)(F)F)cc(C(F)(F)F)c1)C(=O)O. The number of nitrogens with one attached hydrogen (secondary N) is 1. The number of rotatable bonds is 6. The number of halogens is 6. The van der Waals surface area contributed by atoms with Crippen molar-refractivity contribution in [1.29, 1.82) is 0 Å². The summed E-state index contributed by atoms with van der Waals surface area (Å²) < 4.78 is 81.2. The Hall–Kier alpha value is -2.79. The van der Waals surface area contributed by atoms with Gasteiger partial charge in [0.15, 0.2) is 0 Å². The third kappa shape index (κ3) is 6.46. The van der Waals surface area contributed by atoms with Crippen LogP contribution in [0.1, 0.15) is 34.8 Å². The van der Waals surface area contributed by atoms with Crippen LogP contribution in [0, 0.1) is 0 Å². The van der Waals surface area contributed by atoms with Gasteiger partial charge in [0, 0.05) is 5.56 Å². The van der Waals surface area contributed by atoms with E-state index in [1.54, 1.807) is 5.32 Å². The fourth-order valence-corrected chi connectivity index (χ4v) is 1.91. The molecule has 12 heteroatoms. The monoisotopic (exact) mass is 401 g/mol. The molecule has 0 heterocycles. The molecule has 150 valence electrons. The lowest BCUT2D eigenvalue weighted by Gasteiger charge is -2.16. The third-order valence-corrected chi connectivity index (χ3v) is 3.13. The van der Waals surface area contributed by atoms with Gasteiger partial charge in [-0.2, -0.15) is 26.3 Å². The molecular formula is C15H13F6NO5. The quantitative estimate of drug-likeness (QED) is 0.565. The van der Waals surface area contributed by atoms with E-state index < -0.39 is 59.4 Å². The van der Waals surface area contributed by atoms with Crippen molar-refractivity contribution in [3.8, 4) is 0 Å². The molecule has 0 saturated heterocycles. The minimum atomic E-state index is -5.17. The summed E-state index contributed by atoms with van der Waals surface area (Å²) in [6.07, 6.45) is -11.2. The zero-order valence-electron chi connectivity index (χ0n) is 13.6. The molecular weight excluding hydrogens is 388 g/mol. The van der Waals surface area contributed by atoms with E-state index in [-0.39, 0.29) is 24.8 Å². The Morgan fingerprint density at radius 2 is 1.52 bits per heavy atom. The first kappa shape index (κ1) is 22.3. The number of esters is 1. The van der Waals surface area contributed by atoms with Crippen LogP contribution in [0.15, 0.2) is 18.2 Å². The van der Waals surface area contributed by atoms with Crippen molar-refractivity contribution in [2.45, 2.75) is 31.7 Å². The number of ether oxygens (including phenoxy) is 1. The second kappa shape index (κ2) is 8.27. The van der Waals surface area contributed by atoms with E-state index in [9.17, 15) is 40.7 Å². The standard InChI is InChI=1S/C15H13F6NO5/c1-2-27-11(23)6-10(13(25)26)22-12(24)7-3-8(14(16,17)18)5-9(4-7)15(19,20)21/h3-5,10H,2,6H2,1H3,(H,22,24)(H,25,26)/t10-/m0/s1. The molecule has 0 aliphatic rings. The first-order valence-corrected chi connectivity index (χ1v) is 7.24. The molecule has 0 spiro atoms. The van der Waals surface area contributed by atoms with E-state index in [0.717, 1.165) is 0 Å². The van der Waals surface area contributed by atoms with Crippen molar-refractivity contribution in [1.82, 2.24) is 5.32 Å². The molecule has 0 radical (unpaired) electrons. The van der Waals surface area contributed by atoms with Gasteiger partial charge in [0.1, 0.15) is 6.04 Å². The van der Waals surface area contributed by atoms with E-state index in [0.29, 0.717) is 0 Å². The number of carboxylic acids is 1. The molecule has 27 heavy (non-hydrogen) atoms. The molecule has 6 nitrogen and oxygen atoms in total. The molecule has 0 aliphatic carbocycles. The molecule has 1 rings (SSSR count). The number of carbonyl (C=O) groups is 3. The minimum Gasteiger partial charge on any atom is -0.480 e. The first-order valence-electron chi connectivity index (χ1n) is 7.24. The van der Waals surface area contributed by atoms with Crippen molar-refractivity contribution in [3.05, 3.63) is 34.9 Å². The van der Waals surface area contributed by atoms with E-state index in [1.807, 2.05) is 0 Å². The zero-order valence-corrected chi connectivity index (χ0v) is 13.6. The predicted octanol–water partition coefficient (Wildman–Crippen LogP) is 2.86. The van der Waals surface area contributed by atoms with Gasteiger partial charge in [0.25, 0.3) is 5.91 Å². The zero-order chi connectivity index (χ0) is 21.0. The molecule has 0 unspecified atom stereocenters. The van der Waals surface area contributed by atoms with Gasteiger partial charge >= 0.3 is 24.3 Å². The van der Waals surface area contributed by atoms with Crippen molar-refractivity contribution in [2.75, 3.05) is 6.61 Å². The van der Waals surface area contributed by atoms with Gasteiger partial charge < -0.3 is 15.2 Å². The Kier molecular flexibility index (Phi) is 6.81. The van der Waals surface area contributed by atoms with Crippen molar-refractivity contribution >= 4 is 17.8 Å². The number of aliphatic carboxylic acids is 1. The fourth-order valence-electron chi connectivity index (χ4n) is 1.91. The Morgan fingerprint density at radius 1 is 1.04 bits per heavy atom. The van der Waals surface area contributed by atoms with E-state index in [4.69, 9.17) is 5.11 Å². The molecule has 0 saturated carbocycles. The molecule has 2 N–H and O–H groups in total. The minimum absolute atomic E-state index is 0.0955. The molecule has 0 aromatic heterocycles. The Morgan fingerprint density at radius 3 is 1.89 bits per heavy atom. The first-order chi connectivity index (χ1) is 12.3. The highest BCUT2D eigenvalue weighted by Crippen LogP contribution is 2.36. The van der Waals surface area contributed by atoms with Gasteiger partial charge in [-0.1, -0.05) is 0 Å². The van der Waals surface area contributed by atoms with Gasteiger partial charge in [0.05, 0.1) is 24.2 Å². The van der Waals surface area contributed by atoms with Gasteiger partial charge in [-0.15, -0.1) is 0 Å². The van der Waals surface area contributed by atoms with Crippen LogP contribution in [-0.2, 0) is 26.7 Å². The molecule has 1 aromatic carbocycles. The van der Waals surface area contributed by atoms with E-state index in [2.05, 4.69) is 4.74 Å². The smallest absolute Gasteiger partial charge is 0.416 e. The van der Waals surface area contributed by atoms with Crippen LogP contribution < -0.4 is 5.32 Å². The Bertz CT molecular complexity index is 696. The molecule has 1 aromatic rings. The van der Waals surface area contributed by atoms with Crippen molar-refractivity contribution in [2.24, 2.45) is 0 Å². The summed E-state index contributed by atoms with van der Waals surface area (Å²) in [5, 5.41) is 10.7. The summed E-state index contributed by atoms with van der Waals surface area (Å²) in [6.45, 7) is 1.33. The average Bonchev–Trinajstić information content (AvgIpc) is 2.52. The van der Waals surface area contributed by atoms with Crippen LogP contribution in [0.5, 0.6) is 0 Å². The number of carboxylic acid groups (broad SMARTS) is 1. The highest BCUT2D eigenvalue weighted by molar-refractivity contribution is 5.97. The predicted molar refractivity (Wildman–Crippen MR) is 76.6 cm³/mol. The highest BCUT2D eigenvalue weighted by Gasteiger charge is 2.38. The van der Waals surface area contributed by atoms with Crippen LogP contribution in [0.4, 0.5) is 26.3 Å². The molecule has 0 aliphatic heterocycles. The Labute approximate surface area is 148 Å². The van der Waals surface area contributed by atoms with Crippen LogP contribution in [0.2, 0.25) is 0 Å². The summed E-state index contributed by atoms with van der Waals surface area (Å²) in [4.78, 5) is 34.4. The summed E-state index contributed by atoms with van der Waals surface area (Å²) in [6, 6.07) is -1.79. The summed E-state index contributed by atoms with van der Waals surface area (Å²) in [5.74, 6) is -4.27. The number of amides is 1. The van der Waals surface area contributed by atoms with Crippen molar-refractivity contribution < 1.29 is 50.6 Å². The fraction of sp³-hybridized carbons (Fsp3) is 0.400.